The molecular weight excluding hydrogens is 494 g/mol. The van der Waals surface area contributed by atoms with Crippen LogP contribution < -0.4 is 9.47 Å². The van der Waals surface area contributed by atoms with Gasteiger partial charge in [0, 0.05) is 37.5 Å². The summed E-state index contributed by atoms with van der Waals surface area (Å²) in [5, 5.41) is 11.5. The van der Waals surface area contributed by atoms with Crippen molar-refractivity contribution < 1.29 is 24.2 Å². The Morgan fingerprint density at radius 3 is 2.79 bits per heavy atom. The number of aliphatic hydroxyl groups is 1. The van der Waals surface area contributed by atoms with Crippen LogP contribution in [-0.4, -0.2) is 50.5 Å². The molecule has 2 aliphatic rings. The number of amides is 1. The molecule has 1 aromatic heterocycles. The van der Waals surface area contributed by atoms with Crippen LogP contribution in [-0.2, 0) is 22.6 Å². The molecule has 8 nitrogen and oxygen atoms in total. The number of carbonyl (C=O) groups is 2. The third-order valence-electron chi connectivity index (χ3n) is 7.22. The minimum Gasteiger partial charge on any atom is -0.507 e. The van der Waals surface area contributed by atoms with Crippen molar-refractivity contribution in [3.05, 3.63) is 83.4 Å². The van der Waals surface area contributed by atoms with E-state index in [9.17, 15) is 14.7 Å². The minimum atomic E-state index is -0.732. The lowest BCUT2D eigenvalue weighted by atomic mass is 9.94. The molecule has 1 fully saturated rings. The van der Waals surface area contributed by atoms with Gasteiger partial charge in [0.15, 0.2) is 0 Å². The molecular formula is C31H35N3O5. The monoisotopic (exact) mass is 529 g/mol. The second-order valence-electron chi connectivity index (χ2n) is 10.7. The van der Waals surface area contributed by atoms with Gasteiger partial charge in [-0.2, -0.15) is 0 Å². The highest BCUT2D eigenvalue weighted by Crippen LogP contribution is 2.41. The zero-order valence-corrected chi connectivity index (χ0v) is 22.7. The highest BCUT2D eigenvalue weighted by molar-refractivity contribution is 6.46. The van der Waals surface area contributed by atoms with Gasteiger partial charge in [-0.05, 0) is 67.1 Å². The van der Waals surface area contributed by atoms with Gasteiger partial charge in [-0.1, -0.05) is 26.0 Å². The lowest BCUT2D eigenvalue weighted by molar-refractivity contribution is -0.139. The van der Waals surface area contributed by atoms with Crippen LogP contribution in [0.3, 0.4) is 0 Å². The zero-order chi connectivity index (χ0) is 27.5. The topological polar surface area (TPSA) is 93.9 Å². The number of likely N-dealkylation sites (tertiary alicyclic amines) is 1. The van der Waals surface area contributed by atoms with Crippen LogP contribution >= 0.6 is 0 Å². The summed E-state index contributed by atoms with van der Waals surface area (Å²) >= 11 is 0. The summed E-state index contributed by atoms with van der Waals surface area (Å²) in [7, 11) is 0. The van der Waals surface area contributed by atoms with Crippen LogP contribution in [0.4, 0.5) is 0 Å². The van der Waals surface area contributed by atoms with Crippen LogP contribution in [0, 0.1) is 5.92 Å². The van der Waals surface area contributed by atoms with Gasteiger partial charge in [-0.3, -0.25) is 9.59 Å². The number of hydrogen-bond donors (Lipinski definition) is 1. The number of ether oxygens (including phenoxy) is 2. The van der Waals surface area contributed by atoms with E-state index >= 15 is 0 Å². The van der Waals surface area contributed by atoms with Crippen molar-refractivity contribution in [3.63, 3.8) is 0 Å². The lowest BCUT2D eigenvalue weighted by Gasteiger charge is -2.26. The van der Waals surface area contributed by atoms with Gasteiger partial charge >= 0.3 is 0 Å². The molecule has 204 valence electrons. The molecule has 0 spiro atoms. The van der Waals surface area contributed by atoms with E-state index in [1.165, 1.54) is 0 Å². The normalized spacial score (nSPS) is 19.9. The number of benzene rings is 2. The van der Waals surface area contributed by atoms with E-state index < -0.39 is 17.7 Å². The molecule has 0 saturated carbocycles. The molecule has 8 heteroatoms. The first-order chi connectivity index (χ1) is 18.8. The number of nitrogens with zero attached hydrogens (tertiary/aromatic N) is 3. The van der Waals surface area contributed by atoms with Gasteiger partial charge in [0.1, 0.15) is 23.4 Å². The van der Waals surface area contributed by atoms with Crippen molar-refractivity contribution in [1.82, 2.24) is 14.5 Å². The molecule has 3 heterocycles. The van der Waals surface area contributed by atoms with E-state index in [4.69, 9.17) is 9.47 Å². The van der Waals surface area contributed by atoms with Gasteiger partial charge in [0.25, 0.3) is 11.7 Å². The molecule has 0 radical (unpaired) electrons. The first-order valence-electron chi connectivity index (χ1n) is 13.6. The Balaban J connectivity index is 1.50. The summed E-state index contributed by atoms with van der Waals surface area (Å²) in [5.74, 6) is 0.482. The second-order valence-corrected chi connectivity index (χ2v) is 10.7. The Morgan fingerprint density at radius 1 is 1.18 bits per heavy atom. The van der Waals surface area contributed by atoms with Gasteiger partial charge in [0.05, 0.1) is 24.5 Å². The number of ketones is 1. The van der Waals surface area contributed by atoms with E-state index in [0.29, 0.717) is 43.3 Å². The molecule has 2 atom stereocenters. The SMILES string of the molecule is CC(C)CCOc1cccc(C2/C(=C(\O)c3ccc4c(c3)CC(C)O4)C(=O)C(=O)N2CCCn2ccnc2)c1. The fraction of sp³-hybridized carbons (Fsp3) is 0.387. The number of imidazole rings is 1. The van der Waals surface area contributed by atoms with E-state index in [2.05, 4.69) is 18.8 Å². The number of rotatable bonds is 10. The number of aryl methyl sites for hydroxylation is 1. The molecule has 2 aliphatic heterocycles. The summed E-state index contributed by atoms with van der Waals surface area (Å²) in [6.45, 7) is 7.84. The molecule has 2 unspecified atom stereocenters. The van der Waals surface area contributed by atoms with Crippen molar-refractivity contribution in [3.8, 4) is 11.5 Å². The predicted molar refractivity (Wildman–Crippen MR) is 147 cm³/mol. The highest BCUT2D eigenvalue weighted by Gasteiger charge is 2.46. The van der Waals surface area contributed by atoms with Crippen molar-refractivity contribution in [1.29, 1.82) is 0 Å². The Kier molecular flexibility index (Phi) is 7.72. The van der Waals surface area contributed by atoms with Crippen molar-refractivity contribution in [2.75, 3.05) is 13.2 Å². The molecule has 0 aliphatic carbocycles. The van der Waals surface area contributed by atoms with Crippen LogP contribution in [0.2, 0.25) is 0 Å². The summed E-state index contributed by atoms with van der Waals surface area (Å²) in [6, 6.07) is 12.1. The molecule has 0 bridgehead atoms. The summed E-state index contributed by atoms with van der Waals surface area (Å²) in [6.07, 6.45) is 7.61. The lowest BCUT2D eigenvalue weighted by Crippen LogP contribution is -2.31. The fourth-order valence-electron chi connectivity index (χ4n) is 5.21. The maximum absolute atomic E-state index is 13.4. The van der Waals surface area contributed by atoms with Crippen LogP contribution in [0.25, 0.3) is 5.76 Å². The molecule has 1 saturated heterocycles. The van der Waals surface area contributed by atoms with Gasteiger partial charge < -0.3 is 24.0 Å². The summed E-state index contributed by atoms with van der Waals surface area (Å²) in [5.41, 5.74) is 2.28. The number of aliphatic hydroxyl groups excluding tert-OH is 1. The first-order valence-corrected chi connectivity index (χ1v) is 13.6. The third-order valence-corrected chi connectivity index (χ3v) is 7.22. The predicted octanol–water partition coefficient (Wildman–Crippen LogP) is 5.14. The maximum atomic E-state index is 13.4. The molecule has 1 amide bonds. The number of carbonyl (C=O) groups excluding carboxylic acids is 2. The number of Topliss-reactive ketones (excluding diaryl/α,β-unsaturated/α-hetero) is 1. The Labute approximate surface area is 228 Å². The number of aromatic nitrogens is 2. The second kappa shape index (κ2) is 11.4. The van der Waals surface area contributed by atoms with Crippen molar-refractivity contribution in [2.24, 2.45) is 5.92 Å². The number of hydrogen-bond acceptors (Lipinski definition) is 6. The minimum absolute atomic E-state index is 0.0527. The smallest absolute Gasteiger partial charge is 0.295 e. The van der Waals surface area contributed by atoms with E-state index in [0.717, 1.165) is 29.7 Å². The quantitative estimate of drug-likeness (QED) is 0.222. The molecule has 3 aromatic rings. The zero-order valence-electron chi connectivity index (χ0n) is 22.7. The van der Waals surface area contributed by atoms with Gasteiger partial charge in [-0.15, -0.1) is 0 Å². The van der Waals surface area contributed by atoms with Crippen molar-refractivity contribution >= 4 is 17.4 Å². The number of fused-ring (bicyclic) bond motifs is 1. The molecule has 1 N–H and O–H groups in total. The average molecular weight is 530 g/mol. The van der Waals surface area contributed by atoms with Gasteiger partial charge in [0.2, 0.25) is 0 Å². The fourth-order valence-corrected chi connectivity index (χ4v) is 5.21. The van der Waals surface area contributed by atoms with E-state index in [1.54, 1.807) is 23.5 Å². The Bertz CT molecular complexity index is 1380. The molecule has 5 rings (SSSR count). The Hall–Kier alpha value is -4.07. The summed E-state index contributed by atoms with van der Waals surface area (Å²) in [4.78, 5) is 32.4. The van der Waals surface area contributed by atoms with Gasteiger partial charge in [-0.25, -0.2) is 4.98 Å². The molecule has 39 heavy (non-hydrogen) atoms. The van der Waals surface area contributed by atoms with Crippen LogP contribution in [0.1, 0.15) is 56.3 Å². The third kappa shape index (κ3) is 5.70. The standard InChI is InChI=1S/C31H35N3O5/c1-20(2)10-15-38-25-7-4-6-22(18-25)28-27(29(35)23-8-9-26-24(17-23)16-21(3)39-26)30(36)31(37)34(28)13-5-12-33-14-11-32-19-33/h4,6-9,11,14,17-21,28,35H,5,10,12-13,15-16H2,1-3H3/b29-27+. The Morgan fingerprint density at radius 2 is 2.03 bits per heavy atom. The molecule has 2 aromatic carbocycles. The average Bonchev–Trinajstić information content (AvgIpc) is 3.62. The van der Waals surface area contributed by atoms with Crippen LogP contribution in [0.15, 0.2) is 66.8 Å². The largest absolute Gasteiger partial charge is 0.507 e. The van der Waals surface area contributed by atoms with E-state index in [1.807, 2.05) is 54.1 Å². The van der Waals surface area contributed by atoms with Crippen LogP contribution in [0.5, 0.6) is 11.5 Å². The summed E-state index contributed by atoms with van der Waals surface area (Å²) < 4.78 is 13.7. The van der Waals surface area contributed by atoms with Crippen molar-refractivity contribution in [2.45, 2.75) is 58.7 Å². The van der Waals surface area contributed by atoms with E-state index in [-0.39, 0.29) is 17.4 Å². The highest BCUT2D eigenvalue weighted by atomic mass is 16.5. The first kappa shape index (κ1) is 26.5. The maximum Gasteiger partial charge on any atom is 0.295 e.